The van der Waals surface area contributed by atoms with Crippen molar-refractivity contribution in [2.75, 3.05) is 7.11 Å². The third kappa shape index (κ3) is 3.59. The molecule has 1 aromatic carbocycles. The molecule has 0 aliphatic heterocycles. The average Bonchev–Trinajstić information content (AvgIpc) is 2.39. The Balaban J connectivity index is 2.30. The van der Waals surface area contributed by atoms with E-state index in [9.17, 15) is 0 Å². The lowest BCUT2D eigenvalue weighted by Crippen LogP contribution is -1.97. The number of methoxy groups -OCH3 is 1. The zero-order valence-electron chi connectivity index (χ0n) is 10.6. The predicted octanol–water partition coefficient (Wildman–Crippen LogP) is 3.71. The Morgan fingerprint density at radius 3 is 2.45 bits per heavy atom. The molecule has 0 spiro atoms. The van der Waals surface area contributed by atoms with E-state index < -0.39 is 0 Å². The Morgan fingerprint density at radius 2 is 1.85 bits per heavy atom. The first-order valence-corrected chi connectivity index (χ1v) is 6.40. The van der Waals surface area contributed by atoms with Crippen molar-refractivity contribution in [1.82, 2.24) is 15.0 Å². The number of halogens is 2. The summed E-state index contributed by atoms with van der Waals surface area (Å²) in [5.41, 5.74) is 1.05. The predicted molar refractivity (Wildman–Crippen MR) is 76.8 cm³/mol. The molecule has 0 aliphatic carbocycles. The molecule has 0 fully saturated rings. The van der Waals surface area contributed by atoms with E-state index in [1.165, 1.54) is 0 Å². The summed E-state index contributed by atoms with van der Waals surface area (Å²) in [6.07, 6.45) is 2.54. The summed E-state index contributed by atoms with van der Waals surface area (Å²) in [5.74, 6) is 1.01. The van der Waals surface area contributed by atoms with E-state index in [2.05, 4.69) is 21.5 Å². The SMILES string of the molecule is C=CCc1ccc(Oc2nc(Cl)nc(Cl)n2)c(OC)c1. The van der Waals surface area contributed by atoms with Gasteiger partial charge >= 0.3 is 6.01 Å². The molecule has 0 amide bonds. The van der Waals surface area contributed by atoms with Crippen LogP contribution >= 0.6 is 23.2 Å². The Hall–Kier alpha value is -1.85. The van der Waals surface area contributed by atoms with Crippen LogP contribution in [0.3, 0.4) is 0 Å². The van der Waals surface area contributed by atoms with Gasteiger partial charge in [0.15, 0.2) is 11.5 Å². The van der Waals surface area contributed by atoms with Crippen LogP contribution in [0.2, 0.25) is 10.6 Å². The summed E-state index contributed by atoms with van der Waals surface area (Å²) in [6, 6.07) is 5.50. The fourth-order valence-corrected chi connectivity index (χ4v) is 1.89. The summed E-state index contributed by atoms with van der Waals surface area (Å²) in [6.45, 7) is 3.69. The maximum Gasteiger partial charge on any atom is 0.327 e. The molecule has 2 rings (SSSR count). The minimum Gasteiger partial charge on any atom is -0.493 e. The van der Waals surface area contributed by atoms with Crippen LogP contribution < -0.4 is 9.47 Å². The Morgan fingerprint density at radius 1 is 1.15 bits per heavy atom. The third-order valence-corrected chi connectivity index (χ3v) is 2.71. The van der Waals surface area contributed by atoms with Gasteiger partial charge in [0.05, 0.1) is 7.11 Å². The van der Waals surface area contributed by atoms with Gasteiger partial charge < -0.3 is 9.47 Å². The highest BCUT2D eigenvalue weighted by atomic mass is 35.5. The largest absolute Gasteiger partial charge is 0.493 e. The molecule has 0 unspecified atom stereocenters. The monoisotopic (exact) mass is 311 g/mol. The van der Waals surface area contributed by atoms with Crippen molar-refractivity contribution in [2.24, 2.45) is 0 Å². The molecule has 0 N–H and O–H groups in total. The molecule has 5 nitrogen and oxygen atoms in total. The van der Waals surface area contributed by atoms with Gasteiger partial charge in [0.1, 0.15) is 0 Å². The minimum atomic E-state index is -0.0396. The van der Waals surface area contributed by atoms with Crippen LogP contribution in [-0.4, -0.2) is 22.1 Å². The van der Waals surface area contributed by atoms with Crippen molar-refractivity contribution < 1.29 is 9.47 Å². The fourth-order valence-electron chi connectivity index (χ4n) is 1.54. The van der Waals surface area contributed by atoms with Gasteiger partial charge in [-0.25, -0.2) is 0 Å². The summed E-state index contributed by atoms with van der Waals surface area (Å²) in [7, 11) is 1.55. The molecule has 7 heteroatoms. The van der Waals surface area contributed by atoms with Crippen LogP contribution in [0.15, 0.2) is 30.9 Å². The molecular weight excluding hydrogens is 301 g/mol. The van der Waals surface area contributed by atoms with Crippen molar-refractivity contribution in [3.63, 3.8) is 0 Å². The Labute approximate surface area is 126 Å². The number of benzene rings is 1. The molecule has 0 aliphatic rings. The summed E-state index contributed by atoms with van der Waals surface area (Å²) < 4.78 is 10.8. The molecule has 20 heavy (non-hydrogen) atoms. The van der Waals surface area contributed by atoms with Crippen LogP contribution in [0.25, 0.3) is 0 Å². The second kappa shape index (κ2) is 6.54. The van der Waals surface area contributed by atoms with E-state index in [0.29, 0.717) is 11.5 Å². The van der Waals surface area contributed by atoms with Crippen molar-refractivity contribution in [3.8, 4) is 17.5 Å². The standard InChI is InChI=1S/C13H11Cl2N3O2/c1-3-4-8-5-6-9(10(7-8)19-2)20-13-17-11(14)16-12(15)18-13/h3,5-7H,1,4H2,2H3. The lowest BCUT2D eigenvalue weighted by molar-refractivity contribution is 0.367. The van der Waals surface area contributed by atoms with Crippen LogP contribution in [0.1, 0.15) is 5.56 Å². The molecule has 2 aromatic rings. The highest BCUT2D eigenvalue weighted by Gasteiger charge is 2.10. The number of ether oxygens (including phenoxy) is 2. The van der Waals surface area contributed by atoms with Crippen LogP contribution in [0.5, 0.6) is 17.5 Å². The first-order chi connectivity index (χ1) is 9.62. The molecule has 0 radical (unpaired) electrons. The molecule has 1 aromatic heterocycles. The second-order valence-electron chi connectivity index (χ2n) is 3.74. The number of nitrogens with zero attached hydrogens (tertiary/aromatic N) is 3. The molecule has 104 valence electrons. The van der Waals surface area contributed by atoms with E-state index >= 15 is 0 Å². The first kappa shape index (κ1) is 14.6. The molecule has 0 saturated carbocycles. The van der Waals surface area contributed by atoms with Crippen molar-refractivity contribution >= 4 is 23.2 Å². The number of aromatic nitrogens is 3. The zero-order valence-corrected chi connectivity index (χ0v) is 12.1. The fraction of sp³-hybridized carbons (Fsp3) is 0.154. The van der Waals surface area contributed by atoms with Crippen LogP contribution in [-0.2, 0) is 6.42 Å². The van der Waals surface area contributed by atoms with Crippen LogP contribution in [0, 0.1) is 0 Å². The van der Waals surface area contributed by atoms with Crippen molar-refractivity contribution in [2.45, 2.75) is 6.42 Å². The van der Waals surface area contributed by atoms with E-state index in [4.69, 9.17) is 32.7 Å². The smallest absolute Gasteiger partial charge is 0.327 e. The first-order valence-electron chi connectivity index (χ1n) is 5.65. The van der Waals surface area contributed by atoms with Gasteiger partial charge in [-0.15, -0.1) is 6.58 Å². The number of hydrogen-bond acceptors (Lipinski definition) is 5. The normalized spacial score (nSPS) is 10.2. The van der Waals surface area contributed by atoms with Gasteiger partial charge in [0.25, 0.3) is 0 Å². The quantitative estimate of drug-likeness (QED) is 0.788. The lowest BCUT2D eigenvalue weighted by atomic mass is 10.1. The van der Waals surface area contributed by atoms with Crippen molar-refractivity contribution in [3.05, 3.63) is 47.0 Å². The van der Waals surface area contributed by atoms with E-state index in [1.807, 2.05) is 12.1 Å². The molecular formula is C13H11Cl2N3O2. The molecule has 1 heterocycles. The number of rotatable bonds is 5. The van der Waals surface area contributed by atoms with Gasteiger partial charge in [-0.3, -0.25) is 0 Å². The average molecular weight is 312 g/mol. The van der Waals surface area contributed by atoms with Gasteiger partial charge in [0, 0.05) is 0 Å². The summed E-state index contributed by atoms with van der Waals surface area (Å²) in [4.78, 5) is 11.3. The minimum absolute atomic E-state index is 0.00442. The van der Waals surface area contributed by atoms with E-state index in [-0.39, 0.29) is 16.6 Å². The van der Waals surface area contributed by atoms with E-state index in [1.54, 1.807) is 19.3 Å². The highest BCUT2D eigenvalue weighted by Crippen LogP contribution is 2.31. The maximum atomic E-state index is 5.69. The second-order valence-corrected chi connectivity index (χ2v) is 4.41. The van der Waals surface area contributed by atoms with Crippen LogP contribution in [0.4, 0.5) is 0 Å². The Bertz CT molecular complexity index is 615. The maximum absolute atomic E-state index is 5.69. The lowest BCUT2D eigenvalue weighted by Gasteiger charge is -2.10. The molecule has 0 saturated heterocycles. The summed E-state index contributed by atoms with van der Waals surface area (Å²) >= 11 is 11.4. The van der Waals surface area contributed by atoms with Gasteiger partial charge in [-0.2, -0.15) is 15.0 Å². The van der Waals surface area contributed by atoms with Gasteiger partial charge in [0.2, 0.25) is 10.6 Å². The van der Waals surface area contributed by atoms with E-state index in [0.717, 1.165) is 12.0 Å². The van der Waals surface area contributed by atoms with Crippen molar-refractivity contribution in [1.29, 1.82) is 0 Å². The summed E-state index contributed by atoms with van der Waals surface area (Å²) in [5, 5.41) is -0.0792. The highest BCUT2D eigenvalue weighted by molar-refractivity contribution is 6.31. The zero-order chi connectivity index (χ0) is 14.5. The topological polar surface area (TPSA) is 57.1 Å². The third-order valence-electron chi connectivity index (χ3n) is 2.37. The molecule has 0 bridgehead atoms. The van der Waals surface area contributed by atoms with Gasteiger partial charge in [-0.1, -0.05) is 12.1 Å². The van der Waals surface area contributed by atoms with Gasteiger partial charge in [-0.05, 0) is 47.3 Å². The molecule has 0 atom stereocenters. The number of allylic oxidation sites excluding steroid dienone is 1. The Kier molecular flexibility index (Phi) is 4.76. The number of hydrogen-bond donors (Lipinski definition) is 0.